The van der Waals surface area contributed by atoms with Crippen LogP contribution in [0.5, 0.6) is 0 Å². The summed E-state index contributed by atoms with van der Waals surface area (Å²) in [6, 6.07) is 15.2. The molecule has 0 saturated carbocycles. The van der Waals surface area contributed by atoms with Gasteiger partial charge < -0.3 is 4.42 Å². The van der Waals surface area contributed by atoms with Crippen LogP contribution in [0.2, 0.25) is 0 Å². The zero-order chi connectivity index (χ0) is 12.5. The molecule has 88 valence electrons. The fraction of sp³-hybridized carbons (Fsp3) is 0. The van der Waals surface area contributed by atoms with Crippen molar-refractivity contribution in [2.45, 2.75) is 0 Å². The number of aromatic nitrogens is 1. The Hall–Kier alpha value is -2.20. The number of hydrogen-bond acceptors (Lipinski definition) is 3. The maximum atomic E-state index is 11.8. The van der Waals surface area contributed by atoms with Crippen molar-refractivity contribution in [1.82, 2.24) is 4.98 Å². The van der Waals surface area contributed by atoms with Crippen molar-refractivity contribution in [3.63, 3.8) is 0 Å². The van der Waals surface area contributed by atoms with Crippen molar-refractivity contribution >= 4 is 23.2 Å². The molecular formula is C14H9NO2S. The van der Waals surface area contributed by atoms with E-state index in [1.807, 2.05) is 42.5 Å². The van der Waals surface area contributed by atoms with Crippen molar-refractivity contribution in [2.75, 3.05) is 0 Å². The van der Waals surface area contributed by atoms with Crippen LogP contribution in [0.3, 0.4) is 0 Å². The summed E-state index contributed by atoms with van der Waals surface area (Å²) in [5.41, 5.74) is 2.16. The second-order valence-electron chi connectivity index (χ2n) is 3.89. The van der Waals surface area contributed by atoms with Gasteiger partial charge in [0.1, 0.15) is 0 Å². The standard InChI is InChI=1S/C14H9NO2S/c16-13-11-8-4-7-10(9-5-2-1-3-6-9)12(11)17-14(18)15-13/h1-8H,(H,15,16,18). The second kappa shape index (κ2) is 4.23. The Labute approximate surface area is 108 Å². The molecule has 0 bridgehead atoms. The highest BCUT2D eigenvalue weighted by Crippen LogP contribution is 2.26. The van der Waals surface area contributed by atoms with E-state index in [2.05, 4.69) is 4.98 Å². The van der Waals surface area contributed by atoms with Crippen molar-refractivity contribution in [3.8, 4) is 11.1 Å². The molecule has 2 aromatic carbocycles. The first-order valence-corrected chi connectivity index (χ1v) is 5.88. The lowest BCUT2D eigenvalue weighted by Gasteiger charge is -2.04. The third kappa shape index (κ3) is 1.76. The van der Waals surface area contributed by atoms with E-state index >= 15 is 0 Å². The van der Waals surface area contributed by atoms with Crippen molar-refractivity contribution in [3.05, 3.63) is 63.7 Å². The Morgan fingerprint density at radius 3 is 2.56 bits per heavy atom. The monoisotopic (exact) mass is 255 g/mol. The summed E-state index contributed by atoms with van der Waals surface area (Å²) in [6.07, 6.45) is 0. The van der Waals surface area contributed by atoms with E-state index in [9.17, 15) is 4.79 Å². The first-order valence-electron chi connectivity index (χ1n) is 5.47. The number of nitrogens with one attached hydrogen (secondary N) is 1. The van der Waals surface area contributed by atoms with Crippen LogP contribution in [-0.4, -0.2) is 4.98 Å². The number of aromatic amines is 1. The topological polar surface area (TPSA) is 46.0 Å². The summed E-state index contributed by atoms with van der Waals surface area (Å²) in [5.74, 6) is 0. The molecule has 0 aliphatic carbocycles. The van der Waals surface area contributed by atoms with E-state index in [4.69, 9.17) is 16.6 Å². The molecule has 0 fully saturated rings. The fourth-order valence-corrected chi connectivity index (χ4v) is 2.13. The largest absolute Gasteiger partial charge is 0.430 e. The minimum Gasteiger partial charge on any atom is -0.430 e. The predicted octanol–water partition coefficient (Wildman–Crippen LogP) is 3.52. The van der Waals surface area contributed by atoms with Gasteiger partial charge in [-0.05, 0) is 23.8 Å². The molecule has 0 saturated heterocycles. The Kier molecular flexibility index (Phi) is 2.57. The Balaban J connectivity index is 2.45. The molecule has 0 unspecified atom stereocenters. The van der Waals surface area contributed by atoms with E-state index in [0.29, 0.717) is 11.0 Å². The van der Waals surface area contributed by atoms with Crippen molar-refractivity contribution in [1.29, 1.82) is 0 Å². The molecule has 3 aromatic rings. The summed E-state index contributed by atoms with van der Waals surface area (Å²) >= 11 is 4.91. The van der Waals surface area contributed by atoms with Crippen molar-refractivity contribution < 1.29 is 4.42 Å². The average molecular weight is 255 g/mol. The smallest absolute Gasteiger partial charge is 0.269 e. The molecule has 1 heterocycles. The highest BCUT2D eigenvalue weighted by molar-refractivity contribution is 7.71. The lowest BCUT2D eigenvalue weighted by molar-refractivity contribution is 0.557. The molecule has 0 radical (unpaired) electrons. The normalized spacial score (nSPS) is 10.7. The molecular weight excluding hydrogens is 246 g/mol. The fourth-order valence-electron chi connectivity index (χ4n) is 1.95. The second-order valence-corrected chi connectivity index (χ2v) is 4.26. The molecule has 0 atom stereocenters. The first-order chi connectivity index (χ1) is 8.75. The molecule has 0 amide bonds. The third-order valence-corrected chi connectivity index (χ3v) is 2.94. The number of rotatable bonds is 1. The van der Waals surface area contributed by atoms with Gasteiger partial charge in [-0.15, -0.1) is 0 Å². The van der Waals surface area contributed by atoms with Crippen LogP contribution in [-0.2, 0) is 0 Å². The van der Waals surface area contributed by atoms with Crippen LogP contribution in [0.25, 0.3) is 22.1 Å². The maximum absolute atomic E-state index is 11.8. The lowest BCUT2D eigenvalue weighted by atomic mass is 10.0. The molecule has 3 nitrogen and oxygen atoms in total. The predicted molar refractivity (Wildman–Crippen MR) is 73.1 cm³/mol. The molecule has 4 heteroatoms. The molecule has 0 aliphatic heterocycles. The number of hydrogen-bond donors (Lipinski definition) is 1. The van der Waals surface area contributed by atoms with Crippen LogP contribution >= 0.6 is 12.2 Å². The molecule has 0 aliphatic rings. The average Bonchev–Trinajstić information content (AvgIpc) is 2.39. The van der Waals surface area contributed by atoms with Crippen molar-refractivity contribution in [2.24, 2.45) is 0 Å². The molecule has 0 spiro atoms. The van der Waals surface area contributed by atoms with E-state index in [1.54, 1.807) is 6.07 Å². The van der Waals surface area contributed by atoms with Gasteiger partial charge in [0.05, 0.1) is 5.39 Å². The van der Waals surface area contributed by atoms with Crippen LogP contribution in [0, 0.1) is 4.84 Å². The lowest BCUT2D eigenvalue weighted by Crippen LogP contribution is -2.05. The van der Waals surface area contributed by atoms with E-state index in [1.165, 1.54) is 0 Å². The number of H-pyrrole nitrogens is 1. The van der Waals surface area contributed by atoms with Crippen LogP contribution < -0.4 is 5.56 Å². The molecule has 1 aromatic heterocycles. The molecule has 1 N–H and O–H groups in total. The van der Waals surface area contributed by atoms with Gasteiger partial charge in [-0.25, -0.2) is 0 Å². The quantitative estimate of drug-likeness (QED) is 0.677. The highest BCUT2D eigenvalue weighted by atomic mass is 32.1. The molecule has 18 heavy (non-hydrogen) atoms. The van der Waals surface area contributed by atoms with Crippen LogP contribution in [0.4, 0.5) is 0 Å². The minimum atomic E-state index is -0.223. The van der Waals surface area contributed by atoms with Gasteiger partial charge in [0, 0.05) is 5.56 Å². The van der Waals surface area contributed by atoms with Gasteiger partial charge in [0.15, 0.2) is 5.58 Å². The van der Waals surface area contributed by atoms with Gasteiger partial charge >= 0.3 is 0 Å². The number of benzene rings is 2. The zero-order valence-corrected chi connectivity index (χ0v) is 10.2. The van der Waals surface area contributed by atoms with Gasteiger partial charge in [-0.1, -0.05) is 42.5 Å². The summed E-state index contributed by atoms with van der Waals surface area (Å²) in [7, 11) is 0. The Morgan fingerprint density at radius 1 is 1.00 bits per heavy atom. The summed E-state index contributed by atoms with van der Waals surface area (Å²) in [5, 5.41) is 0.505. The summed E-state index contributed by atoms with van der Waals surface area (Å²) in [6.45, 7) is 0. The third-order valence-electron chi connectivity index (χ3n) is 2.75. The van der Waals surface area contributed by atoms with Gasteiger partial charge in [-0.3, -0.25) is 9.78 Å². The van der Waals surface area contributed by atoms with E-state index in [0.717, 1.165) is 11.1 Å². The van der Waals surface area contributed by atoms with Gasteiger partial charge in [0.2, 0.25) is 0 Å². The Morgan fingerprint density at radius 2 is 1.78 bits per heavy atom. The Bertz CT molecular complexity index is 818. The number of fused-ring (bicyclic) bond motifs is 1. The van der Waals surface area contributed by atoms with E-state index < -0.39 is 0 Å². The molecule has 3 rings (SSSR count). The maximum Gasteiger partial charge on any atom is 0.269 e. The van der Waals surface area contributed by atoms with Gasteiger partial charge in [0.25, 0.3) is 10.4 Å². The van der Waals surface area contributed by atoms with Crippen LogP contribution in [0.1, 0.15) is 0 Å². The van der Waals surface area contributed by atoms with Gasteiger partial charge in [-0.2, -0.15) is 0 Å². The SMILES string of the molecule is O=c1[nH]c(=S)oc2c(-c3ccccc3)cccc12. The van der Waals surface area contributed by atoms with Crippen LogP contribution in [0.15, 0.2) is 57.7 Å². The number of para-hydroxylation sites is 1. The summed E-state index contributed by atoms with van der Waals surface area (Å²) in [4.78, 5) is 14.4. The van der Waals surface area contributed by atoms with E-state index in [-0.39, 0.29) is 10.4 Å². The highest BCUT2D eigenvalue weighted by Gasteiger charge is 2.08. The minimum absolute atomic E-state index is 0.0934. The summed E-state index contributed by atoms with van der Waals surface area (Å²) < 4.78 is 5.49. The zero-order valence-electron chi connectivity index (χ0n) is 9.34. The first kappa shape index (κ1) is 10.9.